The SMILES string of the molecule is Cc1cc(CNCCCN(C)C(C)C)c(C)s1. The van der Waals surface area contributed by atoms with Crippen LogP contribution in [0.2, 0.25) is 0 Å². The van der Waals surface area contributed by atoms with Crippen molar-refractivity contribution < 1.29 is 0 Å². The predicted octanol–water partition coefficient (Wildman–Crippen LogP) is 3.18. The van der Waals surface area contributed by atoms with Crippen LogP contribution in [0.4, 0.5) is 0 Å². The minimum Gasteiger partial charge on any atom is -0.313 e. The Bertz CT molecular complexity index is 331. The molecule has 0 fully saturated rings. The number of nitrogens with zero attached hydrogens (tertiary/aromatic N) is 1. The third-order valence-electron chi connectivity index (χ3n) is 3.21. The summed E-state index contributed by atoms with van der Waals surface area (Å²) in [5.41, 5.74) is 1.46. The molecule has 1 heterocycles. The second kappa shape index (κ2) is 7.14. The van der Waals surface area contributed by atoms with E-state index in [2.05, 4.69) is 51.0 Å². The van der Waals surface area contributed by atoms with E-state index in [4.69, 9.17) is 0 Å². The molecular formula is C14H26N2S. The average Bonchev–Trinajstić information content (AvgIpc) is 2.56. The van der Waals surface area contributed by atoms with Gasteiger partial charge < -0.3 is 10.2 Å². The van der Waals surface area contributed by atoms with Crippen LogP contribution in [0.3, 0.4) is 0 Å². The highest BCUT2D eigenvalue weighted by Crippen LogP contribution is 2.20. The Morgan fingerprint density at radius 3 is 2.59 bits per heavy atom. The summed E-state index contributed by atoms with van der Waals surface area (Å²) >= 11 is 1.89. The molecule has 0 radical (unpaired) electrons. The number of thiophene rings is 1. The zero-order chi connectivity index (χ0) is 12.8. The fraction of sp³-hybridized carbons (Fsp3) is 0.714. The summed E-state index contributed by atoms with van der Waals surface area (Å²) in [5.74, 6) is 0. The lowest BCUT2D eigenvalue weighted by Crippen LogP contribution is -2.29. The van der Waals surface area contributed by atoms with Gasteiger partial charge in [-0.1, -0.05) is 0 Å². The molecule has 1 N–H and O–H groups in total. The lowest BCUT2D eigenvalue weighted by Gasteiger charge is -2.20. The van der Waals surface area contributed by atoms with Crippen molar-refractivity contribution in [3.63, 3.8) is 0 Å². The van der Waals surface area contributed by atoms with E-state index in [1.807, 2.05) is 11.3 Å². The normalized spacial score (nSPS) is 11.7. The molecular weight excluding hydrogens is 228 g/mol. The molecule has 3 heteroatoms. The van der Waals surface area contributed by atoms with Crippen LogP contribution < -0.4 is 5.32 Å². The van der Waals surface area contributed by atoms with E-state index in [1.54, 1.807) is 0 Å². The molecule has 0 bridgehead atoms. The predicted molar refractivity (Wildman–Crippen MR) is 77.9 cm³/mol. The van der Waals surface area contributed by atoms with Gasteiger partial charge in [-0.3, -0.25) is 0 Å². The van der Waals surface area contributed by atoms with Crippen LogP contribution in [-0.2, 0) is 6.54 Å². The van der Waals surface area contributed by atoms with Gasteiger partial charge in [0.25, 0.3) is 0 Å². The standard InChI is InChI=1S/C14H26N2S/c1-11(2)16(5)8-6-7-15-10-14-9-12(3)17-13(14)4/h9,11,15H,6-8,10H2,1-5H3. The maximum atomic E-state index is 3.53. The monoisotopic (exact) mass is 254 g/mol. The molecule has 1 rings (SSSR count). The first-order chi connectivity index (χ1) is 8.00. The van der Waals surface area contributed by atoms with Gasteiger partial charge >= 0.3 is 0 Å². The second-order valence-electron chi connectivity index (χ2n) is 5.04. The van der Waals surface area contributed by atoms with Gasteiger partial charge in [0.1, 0.15) is 0 Å². The average molecular weight is 254 g/mol. The second-order valence-corrected chi connectivity index (χ2v) is 6.50. The maximum absolute atomic E-state index is 3.53. The summed E-state index contributed by atoms with van der Waals surface area (Å²) in [6.07, 6.45) is 1.22. The van der Waals surface area contributed by atoms with Gasteiger partial charge in [-0.15, -0.1) is 11.3 Å². The van der Waals surface area contributed by atoms with Crippen LogP contribution in [-0.4, -0.2) is 31.1 Å². The molecule has 0 aliphatic heterocycles. The van der Waals surface area contributed by atoms with E-state index < -0.39 is 0 Å². The molecule has 98 valence electrons. The zero-order valence-corrected chi connectivity index (χ0v) is 12.7. The van der Waals surface area contributed by atoms with Crippen LogP contribution in [0.1, 0.15) is 35.6 Å². The Hall–Kier alpha value is -0.380. The third kappa shape index (κ3) is 5.19. The van der Waals surface area contributed by atoms with Gasteiger partial charge in [0.05, 0.1) is 0 Å². The lowest BCUT2D eigenvalue weighted by atomic mass is 10.2. The van der Waals surface area contributed by atoms with Crippen LogP contribution >= 0.6 is 11.3 Å². The summed E-state index contributed by atoms with van der Waals surface area (Å²) in [5, 5.41) is 3.53. The van der Waals surface area contributed by atoms with Crippen molar-refractivity contribution in [3.8, 4) is 0 Å². The highest BCUT2D eigenvalue weighted by Gasteiger charge is 2.03. The number of aryl methyl sites for hydroxylation is 2. The molecule has 0 spiro atoms. The minimum absolute atomic E-state index is 0.650. The lowest BCUT2D eigenvalue weighted by molar-refractivity contribution is 0.269. The van der Waals surface area contributed by atoms with E-state index in [9.17, 15) is 0 Å². The van der Waals surface area contributed by atoms with E-state index in [0.29, 0.717) is 6.04 Å². The van der Waals surface area contributed by atoms with Crippen molar-refractivity contribution in [3.05, 3.63) is 21.4 Å². The molecule has 0 atom stereocenters. The van der Waals surface area contributed by atoms with Gasteiger partial charge in [-0.05, 0) is 65.9 Å². The Labute approximate surface area is 110 Å². The first-order valence-electron chi connectivity index (χ1n) is 6.47. The highest BCUT2D eigenvalue weighted by molar-refractivity contribution is 7.12. The van der Waals surface area contributed by atoms with Crippen molar-refractivity contribution in [1.82, 2.24) is 10.2 Å². The van der Waals surface area contributed by atoms with Crippen LogP contribution in [0.25, 0.3) is 0 Å². The van der Waals surface area contributed by atoms with Gasteiger partial charge in [0.2, 0.25) is 0 Å². The van der Waals surface area contributed by atoms with Crippen LogP contribution in [0.5, 0.6) is 0 Å². The van der Waals surface area contributed by atoms with Gasteiger partial charge in [-0.25, -0.2) is 0 Å². The minimum atomic E-state index is 0.650. The van der Waals surface area contributed by atoms with Gasteiger partial charge in [0.15, 0.2) is 0 Å². The van der Waals surface area contributed by atoms with Crippen LogP contribution in [0.15, 0.2) is 6.07 Å². The Morgan fingerprint density at radius 2 is 2.06 bits per heavy atom. The molecule has 17 heavy (non-hydrogen) atoms. The molecule has 1 aromatic rings. The van der Waals surface area contributed by atoms with Gasteiger partial charge in [0, 0.05) is 22.3 Å². The third-order valence-corrected chi connectivity index (χ3v) is 4.21. The topological polar surface area (TPSA) is 15.3 Å². The number of hydrogen-bond acceptors (Lipinski definition) is 3. The molecule has 0 aromatic carbocycles. The molecule has 0 saturated carbocycles. The fourth-order valence-corrected chi connectivity index (χ4v) is 2.74. The summed E-state index contributed by atoms with van der Waals surface area (Å²) in [7, 11) is 2.19. The molecule has 0 aliphatic rings. The largest absolute Gasteiger partial charge is 0.313 e. The molecule has 0 amide bonds. The summed E-state index contributed by atoms with van der Waals surface area (Å²) < 4.78 is 0. The Balaban J connectivity index is 2.14. The quantitative estimate of drug-likeness (QED) is 0.752. The van der Waals surface area contributed by atoms with Crippen molar-refractivity contribution in [2.45, 2.75) is 46.7 Å². The van der Waals surface area contributed by atoms with Gasteiger partial charge in [-0.2, -0.15) is 0 Å². The number of hydrogen-bond donors (Lipinski definition) is 1. The van der Waals surface area contributed by atoms with Crippen molar-refractivity contribution in [1.29, 1.82) is 0 Å². The Morgan fingerprint density at radius 1 is 1.35 bits per heavy atom. The first kappa shape index (κ1) is 14.7. The summed E-state index contributed by atoms with van der Waals surface area (Å²) in [6.45, 7) is 12.2. The molecule has 0 saturated heterocycles. The van der Waals surface area contributed by atoms with E-state index in [1.165, 1.54) is 28.3 Å². The summed E-state index contributed by atoms with van der Waals surface area (Å²) in [6, 6.07) is 2.95. The van der Waals surface area contributed by atoms with Crippen molar-refractivity contribution in [2.75, 3.05) is 20.1 Å². The Kier molecular flexibility index (Phi) is 6.17. The number of rotatable bonds is 7. The first-order valence-corrected chi connectivity index (χ1v) is 7.29. The van der Waals surface area contributed by atoms with E-state index >= 15 is 0 Å². The highest BCUT2D eigenvalue weighted by atomic mass is 32.1. The maximum Gasteiger partial charge on any atom is 0.0216 e. The molecule has 2 nitrogen and oxygen atoms in total. The summed E-state index contributed by atoms with van der Waals surface area (Å²) in [4.78, 5) is 5.26. The van der Waals surface area contributed by atoms with E-state index in [0.717, 1.165) is 13.1 Å². The smallest absolute Gasteiger partial charge is 0.0216 e. The fourth-order valence-electron chi connectivity index (χ4n) is 1.79. The molecule has 0 unspecified atom stereocenters. The van der Waals surface area contributed by atoms with Crippen molar-refractivity contribution >= 4 is 11.3 Å². The van der Waals surface area contributed by atoms with E-state index in [-0.39, 0.29) is 0 Å². The van der Waals surface area contributed by atoms with Crippen molar-refractivity contribution in [2.24, 2.45) is 0 Å². The number of nitrogens with one attached hydrogen (secondary N) is 1. The van der Waals surface area contributed by atoms with Crippen LogP contribution in [0, 0.1) is 13.8 Å². The zero-order valence-electron chi connectivity index (χ0n) is 11.8. The molecule has 0 aliphatic carbocycles. The molecule has 1 aromatic heterocycles.